The summed E-state index contributed by atoms with van der Waals surface area (Å²) >= 11 is 6.03. The molecule has 20 heavy (non-hydrogen) atoms. The van der Waals surface area contributed by atoms with E-state index in [1.807, 2.05) is 0 Å². The second-order valence-corrected chi connectivity index (χ2v) is 5.81. The molecule has 0 heterocycles. The summed E-state index contributed by atoms with van der Waals surface area (Å²) in [5.74, 6) is 0.143. The minimum atomic E-state index is -0.471. The van der Waals surface area contributed by atoms with E-state index in [-0.39, 0.29) is 17.0 Å². The van der Waals surface area contributed by atoms with E-state index in [2.05, 4.69) is 5.32 Å². The van der Waals surface area contributed by atoms with Crippen LogP contribution in [0.3, 0.4) is 0 Å². The van der Waals surface area contributed by atoms with Crippen molar-refractivity contribution in [3.8, 4) is 0 Å². The third-order valence-electron chi connectivity index (χ3n) is 3.78. The number of alkyl halides is 1. The van der Waals surface area contributed by atoms with Gasteiger partial charge in [0.25, 0.3) is 11.6 Å². The molecule has 0 saturated heterocycles. The molecule has 1 amide bonds. The molecule has 0 aliphatic heterocycles. The largest absolute Gasteiger partial charge is 0.352 e. The summed E-state index contributed by atoms with van der Waals surface area (Å²) in [5, 5.41) is 13.9. The number of amides is 1. The molecule has 6 heteroatoms. The molecule has 0 aromatic heterocycles. The summed E-state index contributed by atoms with van der Waals surface area (Å²) in [7, 11) is 0. The molecular weight excluding hydrogens is 280 g/mol. The first-order chi connectivity index (χ1) is 9.49. The number of carbonyl (C=O) groups is 1. The SMILES string of the molecule is Cc1c(C(=O)NCC2CCC(Cl)C2)cccc1[N+](=O)[O-]. The molecule has 5 nitrogen and oxygen atoms in total. The number of benzene rings is 1. The first-order valence-electron chi connectivity index (χ1n) is 6.65. The van der Waals surface area contributed by atoms with Crippen LogP contribution in [0.1, 0.15) is 35.2 Å². The van der Waals surface area contributed by atoms with Gasteiger partial charge in [-0.1, -0.05) is 6.07 Å². The van der Waals surface area contributed by atoms with Gasteiger partial charge < -0.3 is 5.32 Å². The van der Waals surface area contributed by atoms with E-state index in [9.17, 15) is 14.9 Å². The highest BCUT2D eigenvalue weighted by Crippen LogP contribution is 2.29. The average molecular weight is 297 g/mol. The van der Waals surface area contributed by atoms with Crippen LogP contribution in [0.5, 0.6) is 0 Å². The van der Waals surface area contributed by atoms with E-state index in [0.29, 0.717) is 23.6 Å². The zero-order valence-electron chi connectivity index (χ0n) is 11.3. The predicted molar refractivity (Wildman–Crippen MR) is 77.1 cm³/mol. The highest BCUT2D eigenvalue weighted by atomic mass is 35.5. The van der Waals surface area contributed by atoms with Crippen LogP contribution < -0.4 is 5.32 Å². The van der Waals surface area contributed by atoms with E-state index in [1.165, 1.54) is 12.1 Å². The summed E-state index contributed by atoms with van der Waals surface area (Å²) in [6, 6.07) is 4.54. The summed E-state index contributed by atoms with van der Waals surface area (Å²) in [6.07, 6.45) is 2.91. The first kappa shape index (κ1) is 14.8. The smallest absolute Gasteiger partial charge is 0.273 e. The Morgan fingerprint density at radius 3 is 2.85 bits per heavy atom. The number of carbonyl (C=O) groups excluding carboxylic acids is 1. The van der Waals surface area contributed by atoms with E-state index < -0.39 is 4.92 Å². The van der Waals surface area contributed by atoms with E-state index >= 15 is 0 Å². The van der Waals surface area contributed by atoms with Crippen LogP contribution in [0, 0.1) is 23.0 Å². The average Bonchev–Trinajstić information content (AvgIpc) is 2.81. The number of nitrogens with zero attached hydrogens (tertiary/aromatic N) is 1. The zero-order chi connectivity index (χ0) is 14.7. The van der Waals surface area contributed by atoms with Gasteiger partial charge in [0.2, 0.25) is 0 Å². The molecule has 1 aromatic carbocycles. The summed E-state index contributed by atoms with van der Waals surface area (Å²) in [6.45, 7) is 2.17. The van der Waals surface area contributed by atoms with Crippen molar-refractivity contribution in [2.45, 2.75) is 31.6 Å². The van der Waals surface area contributed by atoms with Gasteiger partial charge in [-0.05, 0) is 38.2 Å². The van der Waals surface area contributed by atoms with Gasteiger partial charge in [0.1, 0.15) is 0 Å². The number of nitro groups is 1. The quantitative estimate of drug-likeness (QED) is 0.527. The highest BCUT2D eigenvalue weighted by molar-refractivity contribution is 6.20. The lowest BCUT2D eigenvalue weighted by molar-refractivity contribution is -0.385. The molecule has 0 spiro atoms. The van der Waals surface area contributed by atoms with Gasteiger partial charge in [-0.25, -0.2) is 0 Å². The van der Waals surface area contributed by atoms with Gasteiger partial charge in [0, 0.05) is 29.1 Å². The van der Waals surface area contributed by atoms with Crippen molar-refractivity contribution in [2.75, 3.05) is 6.54 Å². The van der Waals surface area contributed by atoms with Crippen molar-refractivity contribution < 1.29 is 9.72 Å². The molecule has 0 bridgehead atoms. The van der Waals surface area contributed by atoms with E-state index in [0.717, 1.165) is 19.3 Å². The van der Waals surface area contributed by atoms with Gasteiger partial charge in [0.05, 0.1) is 4.92 Å². The Hall–Kier alpha value is -1.62. The van der Waals surface area contributed by atoms with Crippen LogP contribution in [0.25, 0.3) is 0 Å². The molecule has 0 radical (unpaired) electrons. The third kappa shape index (κ3) is 3.28. The highest BCUT2D eigenvalue weighted by Gasteiger charge is 2.24. The van der Waals surface area contributed by atoms with Crippen molar-refractivity contribution in [1.29, 1.82) is 0 Å². The number of hydrogen-bond acceptors (Lipinski definition) is 3. The maximum Gasteiger partial charge on any atom is 0.273 e. The lowest BCUT2D eigenvalue weighted by Gasteiger charge is -2.12. The topological polar surface area (TPSA) is 72.2 Å². The lowest BCUT2D eigenvalue weighted by atomic mass is 10.1. The summed E-state index contributed by atoms with van der Waals surface area (Å²) < 4.78 is 0. The monoisotopic (exact) mass is 296 g/mol. The van der Waals surface area contributed by atoms with Gasteiger partial charge in [-0.2, -0.15) is 0 Å². The number of hydrogen-bond donors (Lipinski definition) is 1. The summed E-state index contributed by atoms with van der Waals surface area (Å²) in [5.41, 5.74) is 0.732. The standard InChI is InChI=1S/C14H17ClN2O3/c1-9-12(3-2-4-13(9)17(19)20)14(18)16-8-10-5-6-11(15)7-10/h2-4,10-11H,5-8H2,1H3,(H,16,18). The Balaban J connectivity index is 2.02. The zero-order valence-corrected chi connectivity index (χ0v) is 12.0. The minimum Gasteiger partial charge on any atom is -0.352 e. The maximum atomic E-state index is 12.1. The fourth-order valence-electron chi connectivity index (χ4n) is 2.60. The predicted octanol–water partition coefficient (Wildman–Crippen LogP) is 3.04. The van der Waals surface area contributed by atoms with Gasteiger partial charge in [-0.3, -0.25) is 14.9 Å². The van der Waals surface area contributed by atoms with Gasteiger partial charge in [-0.15, -0.1) is 11.6 Å². The minimum absolute atomic E-state index is 0.0284. The Morgan fingerprint density at radius 2 is 2.25 bits per heavy atom. The van der Waals surface area contributed by atoms with Crippen molar-refractivity contribution >= 4 is 23.2 Å². The van der Waals surface area contributed by atoms with Crippen LogP contribution in [0.15, 0.2) is 18.2 Å². The normalized spacial score (nSPS) is 21.7. The van der Waals surface area contributed by atoms with Gasteiger partial charge in [0.15, 0.2) is 0 Å². The van der Waals surface area contributed by atoms with Crippen LogP contribution in [-0.2, 0) is 0 Å². The number of nitrogens with one attached hydrogen (secondary N) is 1. The Morgan fingerprint density at radius 1 is 1.50 bits per heavy atom. The first-order valence-corrected chi connectivity index (χ1v) is 7.09. The molecule has 1 N–H and O–H groups in total. The second kappa shape index (κ2) is 6.22. The molecule has 2 rings (SSSR count). The van der Waals surface area contributed by atoms with Crippen molar-refractivity contribution in [1.82, 2.24) is 5.32 Å². The van der Waals surface area contributed by atoms with E-state index in [1.54, 1.807) is 13.0 Å². The second-order valence-electron chi connectivity index (χ2n) is 5.19. The molecule has 1 fully saturated rings. The van der Waals surface area contributed by atoms with Gasteiger partial charge >= 0.3 is 0 Å². The molecular formula is C14H17ClN2O3. The molecule has 1 aliphatic carbocycles. The van der Waals surface area contributed by atoms with Crippen molar-refractivity contribution in [3.63, 3.8) is 0 Å². The number of rotatable bonds is 4. The number of nitro benzene ring substituents is 1. The molecule has 1 aliphatic rings. The number of halogens is 1. The lowest BCUT2D eigenvalue weighted by Crippen LogP contribution is -2.29. The Bertz CT molecular complexity index is 533. The van der Waals surface area contributed by atoms with Crippen molar-refractivity contribution in [3.05, 3.63) is 39.4 Å². The van der Waals surface area contributed by atoms with Crippen LogP contribution in [-0.4, -0.2) is 22.8 Å². The molecule has 2 atom stereocenters. The fourth-order valence-corrected chi connectivity index (χ4v) is 2.98. The maximum absolute atomic E-state index is 12.1. The van der Waals surface area contributed by atoms with E-state index in [4.69, 9.17) is 11.6 Å². The van der Waals surface area contributed by atoms with Crippen LogP contribution >= 0.6 is 11.6 Å². The molecule has 1 saturated carbocycles. The molecule has 108 valence electrons. The van der Waals surface area contributed by atoms with Crippen LogP contribution in [0.4, 0.5) is 5.69 Å². The Kier molecular flexibility index (Phi) is 4.60. The third-order valence-corrected chi connectivity index (χ3v) is 4.17. The Labute approximate surface area is 122 Å². The molecule has 1 aromatic rings. The fraction of sp³-hybridized carbons (Fsp3) is 0.500. The summed E-state index contributed by atoms with van der Waals surface area (Å²) in [4.78, 5) is 22.5. The van der Waals surface area contributed by atoms with Crippen LogP contribution in [0.2, 0.25) is 0 Å². The molecule has 2 unspecified atom stereocenters. The van der Waals surface area contributed by atoms with Crippen molar-refractivity contribution in [2.24, 2.45) is 5.92 Å².